The lowest BCUT2D eigenvalue weighted by molar-refractivity contribution is 0.252. The van der Waals surface area contributed by atoms with Crippen LogP contribution in [0.3, 0.4) is 0 Å². The number of carbonyl (C=O) groups is 1. The number of anilines is 4. The van der Waals surface area contributed by atoms with Gasteiger partial charge in [0.15, 0.2) is 5.82 Å². The van der Waals surface area contributed by atoms with Crippen molar-refractivity contribution in [2.24, 2.45) is 0 Å². The highest BCUT2D eigenvalue weighted by molar-refractivity contribution is 6.30. The summed E-state index contributed by atoms with van der Waals surface area (Å²) >= 11 is 5.81. The zero-order chi connectivity index (χ0) is 19.8. The van der Waals surface area contributed by atoms with E-state index in [1.807, 2.05) is 19.1 Å². The molecule has 0 aliphatic carbocycles. The third-order valence-corrected chi connectivity index (χ3v) is 3.91. The molecule has 0 bridgehead atoms. The van der Waals surface area contributed by atoms with Crippen molar-refractivity contribution in [3.8, 4) is 0 Å². The van der Waals surface area contributed by atoms with E-state index in [1.54, 1.807) is 42.6 Å². The van der Waals surface area contributed by atoms with Gasteiger partial charge in [0.05, 0.1) is 0 Å². The molecule has 0 radical (unpaired) electrons. The first kappa shape index (κ1) is 19.4. The molecule has 0 saturated carbocycles. The van der Waals surface area contributed by atoms with E-state index in [0.29, 0.717) is 41.3 Å². The van der Waals surface area contributed by atoms with Crippen LogP contribution in [0.4, 0.5) is 27.9 Å². The number of halogens is 1. The molecule has 1 aromatic carbocycles. The number of hydrogen-bond donors (Lipinski definition) is 4. The molecule has 8 nitrogen and oxygen atoms in total. The minimum atomic E-state index is -0.291. The fourth-order valence-electron chi connectivity index (χ4n) is 2.30. The van der Waals surface area contributed by atoms with E-state index in [2.05, 4.69) is 36.4 Å². The Morgan fingerprint density at radius 1 is 0.964 bits per heavy atom. The maximum absolute atomic E-state index is 11.8. The Morgan fingerprint density at radius 2 is 1.71 bits per heavy atom. The van der Waals surface area contributed by atoms with Gasteiger partial charge in [-0.1, -0.05) is 11.6 Å². The van der Waals surface area contributed by atoms with Gasteiger partial charge in [-0.05, 0) is 61.0 Å². The number of benzene rings is 1. The monoisotopic (exact) mass is 397 g/mol. The second-order valence-corrected chi connectivity index (χ2v) is 6.40. The molecule has 0 aliphatic rings. The van der Waals surface area contributed by atoms with Gasteiger partial charge >= 0.3 is 6.03 Å². The highest BCUT2D eigenvalue weighted by Crippen LogP contribution is 2.14. The standard InChI is InChI=1S/C19H20ClN7O/c1-13-8-9-21-18(12-13)25-17-7-6-16(26-27-17)22-10-11-23-19(28)24-15-4-2-14(20)3-5-15/h2-9,12H,10-11H2,1H3,(H,22,26)(H,21,25,27)(H2,23,24,28). The third-order valence-electron chi connectivity index (χ3n) is 3.65. The van der Waals surface area contributed by atoms with Gasteiger partial charge in [0.25, 0.3) is 0 Å². The maximum Gasteiger partial charge on any atom is 0.319 e. The Morgan fingerprint density at radius 3 is 2.43 bits per heavy atom. The SMILES string of the molecule is Cc1ccnc(Nc2ccc(NCCNC(=O)Nc3ccc(Cl)cc3)nn2)c1. The molecule has 0 saturated heterocycles. The molecule has 0 unspecified atom stereocenters. The summed E-state index contributed by atoms with van der Waals surface area (Å²) < 4.78 is 0. The highest BCUT2D eigenvalue weighted by atomic mass is 35.5. The van der Waals surface area contributed by atoms with Crippen molar-refractivity contribution >= 4 is 40.8 Å². The van der Waals surface area contributed by atoms with E-state index in [-0.39, 0.29) is 6.03 Å². The molecule has 28 heavy (non-hydrogen) atoms. The van der Waals surface area contributed by atoms with Crippen molar-refractivity contribution in [1.29, 1.82) is 0 Å². The number of aryl methyl sites for hydroxylation is 1. The molecule has 0 atom stereocenters. The number of carbonyl (C=O) groups excluding carboxylic acids is 1. The molecule has 3 aromatic rings. The van der Waals surface area contributed by atoms with Crippen molar-refractivity contribution in [2.75, 3.05) is 29.0 Å². The lowest BCUT2D eigenvalue weighted by Gasteiger charge is -2.09. The smallest absolute Gasteiger partial charge is 0.319 e. The van der Waals surface area contributed by atoms with Crippen LogP contribution in [-0.2, 0) is 0 Å². The first-order chi connectivity index (χ1) is 13.6. The lowest BCUT2D eigenvalue weighted by atomic mass is 10.3. The van der Waals surface area contributed by atoms with Gasteiger partial charge in [-0.15, -0.1) is 10.2 Å². The molecule has 0 fully saturated rings. The predicted octanol–water partition coefficient (Wildman–Crippen LogP) is 3.81. The van der Waals surface area contributed by atoms with Crippen LogP contribution < -0.4 is 21.3 Å². The van der Waals surface area contributed by atoms with Crippen LogP contribution in [-0.4, -0.2) is 34.3 Å². The zero-order valence-corrected chi connectivity index (χ0v) is 16.0. The summed E-state index contributed by atoms with van der Waals surface area (Å²) in [5.74, 6) is 1.93. The summed E-state index contributed by atoms with van der Waals surface area (Å²) in [6.07, 6.45) is 1.73. The number of urea groups is 1. The zero-order valence-electron chi connectivity index (χ0n) is 15.2. The maximum atomic E-state index is 11.8. The van der Waals surface area contributed by atoms with Crippen LogP contribution in [0.5, 0.6) is 0 Å². The van der Waals surface area contributed by atoms with E-state index in [4.69, 9.17) is 11.6 Å². The van der Waals surface area contributed by atoms with Crippen LogP contribution in [0, 0.1) is 6.92 Å². The first-order valence-corrected chi connectivity index (χ1v) is 9.04. The van der Waals surface area contributed by atoms with Crippen molar-refractivity contribution in [1.82, 2.24) is 20.5 Å². The number of aromatic nitrogens is 3. The molecular weight excluding hydrogens is 378 g/mol. The van der Waals surface area contributed by atoms with Crippen molar-refractivity contribution in [2.45, 2.75) is 6.92 Å². The summed E-state index contributed by atoms with van der Waals surface area (Å²) in [5.41, 5.74) is 1.78. The number of nitrogens with one attached hydrogen (secondary N) is 4. The van der Waals surface area contributed by atoms with Crippen LogP contribution in [0.15, 0.2) is 54.7 Å². The van der Waals surface area contributed by atoms with Gasteiger partial charge < -0.3 is 21.3 Å². The van der Waals surface area contributed by atoms with E-state index >= 15 is 0 Å². The molecular formula is C19H20ClN7O. The van der Waals surface area contributed by atoms with Gasteiger partial charge in [0, 0.05) is 30.0 Å². The fraction of sp³-hybridized carbons (Fsp3) is 0.158. The summed E-state index contributed by atoms with van der Waals surface area (Å²) in [5, 5.41) is 20.5. The number of hydrogen-bond acceptors (Lipinski definition) is 6. The van der Waals surface area contributed by atoms with E-state index in [1.165, 1.54) is 0 Å². The van der Waals surface area contributed by atoms with Crippen molar-refractivity contribution < 1.29 is 4.79 Å². The Kier molecular flexibility index (Phi) is 6.59. The largest absolute Gasteiger partial charge is 0.367 e. The number of amides is 2. The normalized spacial score (nSPS) is 10.2. The summed E-state index contributed by atoms with van der Waals surface area (Å²) in [7, 11) is 0. The predicted molar refractivity (Wildman–Crippen MR) is 111 cm³/mol. The molecule has 0 spiro atoms. The van der Waals surface area contributed by atoms with E-state index < -0.39 is 0 Å². The minimum Gasteiger partial charge on any atom is -0.367 e. The van der Waals surface area contributed by atoms with Gasteiger partial charge in [-0.25, -0.2) is 9.78 Å². The topological polar surface area (TPSA) is 104 Å². The number of rotatable bonds is 7. The molecule has 3 rings (SSSR count). The summed E-state index contributed by atoms with van der Waals surface area (Å²) in [6.45, 7) is 2.93. The van der Waals surface area contributed by atoms with Crippen molar-refractivity contribution in [3.63, 3.8) is 0 Å². The van der Waals surface area contributed by atoms with Crippen LogP contribution >= 0.6 is 11.6 Å². The van der Waals surface area contributed by atoms with Gasteiger partial charge in [-0.3, -0.25) is 0 Å². The number of nitrogens with zero attached hydrogens (tertiary/aromatic N) is 3. The lowest BCUT2D eigenvalue weighted by Crippen LogP contribution is -2.32. The first-order valence-electron chi connectivity index (χ1n) is 8.66. The molecule has 2 aromatic heterocycles. The minimum absolute atomic E-state index is 0.291. The van der Waals surface area contributed by atoms with Crippen LogP contribution in [0.1, 0.15) is 5.56 Å². The van der Waals surface area contributed by atoms with Crippen LogP contribution in [0.25, 0.3) is 0 Å². The summed E-state index contributed by atoms with van der Waals surface area (Å²) in [6, 6.07) is 14.1. The molecule has 4 N–H and O–H groups in total. The summed E-state index contributed by atoms with van der Waals surface area (Å²) in [4.78, 5) is 16.0. The number of pyridine rings is 1. The Bertz CT molecular complexity index is 916. The molecule has 0 aliphatic heterocycles. The van der Waals surface area contributed by atoms with Crippen LogP contribution in [0.2, 0.25) is 5.02 Å². The van der Waals surface area contributed by atoms with Crippen molar-refractivity contribution in [3.05, 3.63) is 65.3 Å². The van der Waals surface area contributed by atoms with E-state index in [9.17, 15) is 4.79 Å². The Labute approximate surface area is 167 Å². The molecule has 9 heteroatoms. The average molecular weight is 398 g/mol. The van der Waals surface area contributed by atoms with Gasteiger partial charge in [-0.2, -0.15) is 0 Å². The fourth-order valence-corrected chi connectivity index (χ4v) is 2.43. The van der Waals surface area contributed by atoms with Gasteiger partial charge in [0.1, 0.15) is 11.6 Å². The third kappa shape index (κ3) is 6.10. The second kappa shape index (κ2) is 9.52. The molecule has 2 amide bonds. The average Bonchev–Trinajstić information content (AvgIpc) is 2.68. The highest BCUT2D eigenvalue weighted by Gasteiger charge is 2.02. The molecule has 2 heterocycles. The Balaban J connectivity index is 1.39. The Hall–Kier alpha value is -3.39. The second-order valence-electron chi connectivity index (χ2n) is 5.96. The van der Waals surface area contributed by atoms with Gasteiger partial charge in [0.2, 0.25) is 0 Å². The molecule has 144 valence electrons. The quantitative estimate of drug-likeness (QED) is 0.452. The van der Waals surface area contributed by atoms with E-state index in [0.717, 1.165) is 5.56 Å².